The predicted molar refractivity (Wildman–Crippen MR) is 141 cm³/mol. The highest BCUT2D eigenvalue weighted by molar-refractivity contribution is 7.09. The molecule has 0 bridgehead atoms. The molecule has 1 aromatic heterocycles. The van der Waals surface area contributed by atoms with Gasteiger partial charge in [0.2, 0.25) is 5.91 Å². The zero-order chi connectivity index (χ0) is 26.1. The van der Waals surface area contributed by atoms with Crippen LogP contribution in [0.1, 0.15) is 91.3 Å². The van der Waals surface area contributed by atoms with Crippen LogP contribution in [0.5, 0.6) is 0 Å². The number of ketones is 1. The number of ether oxygens (including phenoxy) is 1. The molecule has 3 rings (SSSR count). The molecule has 2 fully saturated rings. The zero-order valence-electron chi connectivity index (χ0n) is 22.7. The lowest BCUT2D eigenvalue weighted by Gasteiger charge is -2.35. The molecule has 1 aromatic rings. The summed E-state index contributed by atoms with van der Waals surface area (Å²) in [6, 6.07) is -0.229. The maximum Gasteiger partial charge on any atom is 0.223 e. The highest BCUT2D eigenvalue weighted by Gasteiger charge is 2.52. The molecule has 2 N–H and O–H groups in total. The Labute approximate surface area is 214 Å². The lowest BCUT2D eigenvalue weighted by molar-refractivity contribution is -0.141. The number of hydrogen-bond donors (Lipinski definition) is 2. The van der Waals surface area contributed by atoms with Gasteiger partial charge in [-0.15, -0.1) is 11.3 Å². The second kappa shape index (κ2) is 10.8. The fourth-order valence-electron chi connectivity index (χ4n) is 5.37. The number of fused-ring (bicyclic) bond motifs is 1. The van der Waals surface area contributed by atoms with Gasteiger partial charge in [0.1, 0.15) is 5.78 Å². The second-order valence-corrected chi connectivity index (χ2v) is 12.8. The number of hydrogen-bond acceptors (Lipinski definition) is 6. The average Bonchev–Trinajstić information content (AvgIpc) is 3.22. The van der Waals surface area contributed by atoms with E-state index in [2.05, 4.69) is 31.1 Å². The molecule has 0 saturated carbocycles. The molecule has 0 spiro atoms. The number of aryl methyl sites for hydroxylation is 1. The minimum absolute atomic E-state index is 0.0216. The number of carbonyl (C=O) groups excluding carboxylic acids is 2. The number of Topliss-reactive ketones (excluding diaryl/α,β-unsaturated/α-hetero) is 1. The first-order valence-corrected chi connectivity index (χ1v) is 13.9. The van der Waals surface area contributed by atoms with E-state index in [1.165, 1.54) is 0 Å². The number of nitrogens with one attached hydrogen (secondary N) is 1. The molecule has 2 aliphatic heterocycles. The van der Waals surface area contributed by atoms with E-state index >= 15 is 0 Å². The van der Waals surface area contributed by atoms with E-state index in [-0.39, 0.29) is 47.7 Å². The largest absolute Gasteiger partial charge is 0.392 e. The highest BCUT2D eigenvalue weighted by Crippen LogP contribution is 2.45. The van der Waals surface area contributed by atoms with Crippen LogP contribution in [0.15, 0.2) is 11.0 Å². The fourth-order valence-corrected chi connectivity index (χ4v) is 5.94. The molecule has 1 unspecified atom stereocenters. The number of aliphatic hydroxyl groups excluding tert-OH is 1. The van der Waals surface area contributed by atoms with E-state index in [0.29, 0.717) is 12.3 Å². The lowest BCUT2D eigenvalue weighted by atomic mass is 9.70. The van der Waals surface area contributed by atoms with Crippen molar-refractivity contribution in [2.45, 2.75) is 111 Å². The van der Waals surface area contributed by atoms with Crippen LogP contribution in [0.25, 0.3) is 6.08 Å². The van der Waals surface area contributed by atoms with Gasteiger partial charge >= 0.3 is 0 Å². The second-order valence-electron chi connectivity index (χ2n) is 11.8. The minimum Gasteiger partial charge on any atom is -0.392 e. The van der Waals surface area contributed by atoms with Crippen molar-refractivity contribution in [2.75, 3.05) is 0 Å². The molecule has 1 amide bonds. The van der Waals surface area contributed by atoms with E-state index in [0.717, 1.165) is 35.5 Å². The first kappa shape index (κ1) is 28.0. The van der Waals surface area contributed by atoms with E-state index in [4.69, 9.17) is 4.74 Å². The molecule has 35 heavy (non-hydrogen) atoms. The first-order chi connectivity index (χ1) is 16.2. The van der Waals surface area contributed by atoms with E-state index < -0.39 is 11.5 Å². The summed E-state index contributed by atoms with van der Waals surface area (Å²) >= 11 is 1.60. The summed E-state index contributed by atoms with van der Waals surface area (Å²) in [7, 11) is 0. The molecule has 6 nitrogen and oxygen atoms in total. The first-order valence-electron chi connectivity index (χ1n) is 13.0. The van der Waals surface area contributed by atoms with Gasteiger partial charge in [-0.25, -0.2) is 4.98 Å². The maximum atomic E-state index is 13.4. The number of rotatable bonds is 2. The number of epoxide rings is 1. The quantitative estimate of drug-likeness (QED) is 0.532. The van der Waals surface area contributed by atoms with Crippen LogP contribution in [0.4, 0.5) is 0 Å². The Bertz CT molecular complexity index is 955. The molecule has 0 radical (unpaired) electrons. The summed E-state index contributed by atoms with van der Waals surface area (Å²) in [6.07, 6.45) is 4.65. The lowest BCUT2D eigenvalue weighted by Crippen LogP contribution is -2.46. The van der Waals surface area contributed by atoms with Crippen molar-refractivity contribution in [3.05, 3.63) is 21.7 Å². The van der Waals surface area contributed by atoms with Crippen LogP contribution in [-0.2, 0) is 14.3 Å². The standard InChI is InChI=1S/C28H44N2O4S/c1-16-10-9-11-28(8)24(34-28)13-22(17(2)12-21-15-35-20(5)29-21)30-25(32)14-23(31)27(6,7)26(33)19(4)18(16)3/h12,15-16,18-19,22-24,31H,9-11,13-14H2,1-8H3,(H,30,32)/b17-12+/t16-,18-,19+,22-,23-,24?,28+/m0/s1. The van der Waals surface area contributed by atoms with Crippen molar-refractivity contribution in [1.82, 2.24) is 10.3 Å². The van der Waals surface area contributed by atoms with Crippen LogP contribution in [-0.4, -0.2) is 45.6 Å². The molecule has 7 heteroatoms. The molecule has 7 atom stereocenters. The summed E-state index contributed by atoms with van der Waals surface area (Å²) in [4.78, 5) is 31.0. The summed E-state index contributed by atoms with van der Waals surface area (Å²) in [5.74, 6) is 0.164. The van der Waals surface area contributed by atoms with Crippen LogP contribution in [0.2, 0.25) is 0 Å². The van der Waals surface area contributed by atoms with Crippen LogP contribution >= 0.6 is 11.3 Å². The van der Waals surface area contributed by atoms with Gasteiger partial charge in [-0.05, 0) is 50.7 Å². The van der Waals surface area contributed by atoms with Crippen molar-refractivity contribution in [3.63, 3.8) is 0 Å². The van der Waals surface area contributed by atoms with Gasteiger partial charge in [0.15, 0.2) is 0 Å². The van der Waals surface area contributed by atoms with Gasteiger partial charge in [0, 0.05) is 17.7 Å². The molecular formula is C28H44N2O4S. The van der Waals surface area contributed by atoms with Crippen molar-refractivity contribution < 1.29 is 19.4 Å². The third-order valence-corrected chi connectivity index (χ3v) is 9.45. The van der Waals surface area contributed by atoms with Gasteiger partial charge in [-0.2, -0.15) is 0 Å². The summed E-state index contributed by atoms with van der Waals surface area (Å²) in [5, 5.41) is 17.1. The number of nitrogens with zero attached hydrogens (tertiary/aromatic N) is 1. The molecule has 2 saturated heterocycles. The van der Waals surface area contributed by atoms with Crippen LogP contribution in [0, 0.1) is 30.1 Å². The maximum absolute atomic E-state index is 13.4. The van der Waals surface area contributed by atoms with Crippen molar-refractivity contribution in [3.8, 4) is 0 Å². The number of carbonyl (C=O) groups is 2. The van der Waals surface area contributed by atoms with E-state index in [1.54, 1.807) is 25.2 Å². The minimum atomic E-state index is -1.05. The fraction of sp³-hybridized carbons (Fsp3) is 0.750. The molecule has 2 aliphatic rings. The Kier molecular flexibility index (Phi) is 8.65. The third kappa shape index (κ3) is 6.60. The average molecular weight is 505 g/mol. The van der Waals surface area contributed by atoms with Gasteiger partial charge in [-0.1, -0.05) is 47.5 Å². The van der Waals surface area contributed by atoms with E-state index in [9.17, 15) is 14.7 Å². The predicted octanol–water partition coefficient (Wildman–Crippen LogP) is 5.33. The molecule has 196 valence electrons. The normalized spacial score (nSPS) is 37.5. The number of thiazole rings is 1. The molecule has 0 aromatic carbocycles. The van der Waals surface area contributed by atoms with Crippen molar-refractivity contribution in [2.24, 2.45) is 23.2 Å². The highest BCUT2D eigenvalue weighted by atomic mass is 32.1. The molecular weight excluding hydrogens is 460 g/mol. The number of aromatic nitrogens is 1. The van der Waals surface area contributed by atoms with Gasteiger partial charge in [0.25, 0.3) is 0 Å². The van der Waals surface area contributed by atoms with Gasteiger partial charge in [0.05, 0.1) is 46.4 Å². The SMILES string of the molecule is C/C(=C\c1csc(C)n1)[C@@H]1CC2O[C@]2(C)CCC[C@H](C)[C@H](C)[C@@H](C)C(=O)C(C)(C)[C@@H](O)CC(=O)N1. The van der Waals surface area contributed by atoms with Gasteiger partial charge in [-0.3, -0.25) is 9.59 Å². The Morgan fingerprint density at radius 3 is 2.57 bits per heavy atom. The van der Waals surface area contributed by atoms with Crippen LogP contribution < -0.4 is 5.32 Å². The summed E-state index contributed by atoms with van der Waals surface area (Å²) in [5.41, 5.74) is 0.709. The van der Waals surface area contributed by atoms with Gasteiger partial charge < -0.3 is 15.2 Å². The Hall–Kier alpha value is -1.57. The monoisotopic (exact) mass is 504 g/mol. The molecule has 3 heterocycles. The third-order valence-electron chi connectivity index (χ3n) is 8.66. The number of aliphatic hydroxyl groups is 1. The smallest absolute Gasteiger partial charge is 0.223 e. The van der Waals surface area contributed by atoms with Crippen molar-refractivity contribution in [1.29, 1.82) is 0 Å². The molecule has 0 aliphatic carbocycles. The Balaban J connectivity index is 1.85. The summed E-state index contributed by atoms with van der Waals surface area (Å²) in [6.45, 7) is 16.0. The van der Waals surface area contributed by atoms with Crippen LogP contribution in [0.3, 0.4) is 0 Å². The zero-order valence-corrected chi connectivity index (χ0v) is 23.5. The Morgan fingerprint density at radius 1 is 1.26 bits per heavy atom. The van der Waals surface area contributed by atoms with Crippen molar-refractivity contribution >= 4 is 29.1 Å². The Morgan fingerprint density at radius 2 is 1.94 bits per heavy atom. The summed E-state index contributed by atoms with van der Waals surface area (Å²) < 4.78 is 6.16. The number of amides is 1. The van der Waals surface area contributed by atoms with E-state index in [1.807, 2.05) is 32.2 Å². The topological polar surface area (TPSA) is 91.8 Å².